The van der Waals surface area contributed by atoms with Gasteiger partial charge in [-0.1, -0.05) is 38.8 Å². The number of para-hydroxylation sites is 1. The number of morpholine rings is 1. The minimum atomic E-state index is -0.131. The number of carbonyl (C=O) groups excluding carboxylic acids is 1. The van der Waals surface area contributed by atoms with Gasteiger partial charge in [0.15, 0.2) is 0 Å². The lowest BCUT2D eigenvalue weighted by Crippen LogP contribution is -2.52. The van der Waals surface area contributed by atoms with Crippen molar-refractivity contribution in [2.45, 2.75) is 39.3 Å². The van der Waals surface area contributed by atoms with Gasteiger partial charge in [-0.15, -0.1) is 0 Å². The van der Waals surface area contributed by atoms with Gasteiger partial charge in [0.1, 0.15) is 6.54 Å². The quantitative estimate of drug-likeness (QED) is 0.747. The number of nitrogens with one attached hydrogen (secondary N) is 1. The molecule has 0 bridgehead atoms. The van der Waals surface area contributed by atoms with E-state index in [0.717, 1.165) is 39.1 Å². The molecule has 0 spiro atoms. The average Bonchev–Trinajstić information content (AvgIpc) is 2.74. The maximum Gasteiger partial charge on any atom is 0.241 e. The standard InChI is InChI=1S/C21H30N4O3/c1-3-16(4-2)19(24-9-11-28-12-10-24)13-22-21(27)15-25-18-8-6-5-7-17(18)20(26)14-23-25/h5-8,14,16,19H,3-4,9-13,15H2,1-2H3,(H,22,27). The number of benzene rings is 1. The van der Waals surface area contributed by atoms with Crippen LogP contribution in [0.1, 0.15) is 26.7 Å². The van der Waals surface area contributed by atoms with Crippen LogP contribution in [0.2, 0.25) is 0 Å². The first-order chi connectivity index (χ1) is 13.6. The average molecular weight is 386 g/mol. The van der Waals surface area contributed by atoms with Gasteiger partial charge >= 0.3 is 0 Å². The maximum absolute atomic E-state index is 12.6. The van der Waals surface area contributed by atoms with Crippen molar-refractivity contribution in [1.82, 2.24) is 20.0 Å². The molecule has 28 heavy (non-hydrogen) atoms. The van der Waals surface area contributed by atoms with Crippen molar-refractivity contribution in [2.75, 3.05) is 32.8 Å². The van der Waals surface area contributed by atoms with Gasteiger partial charge in [-0.2, -0.15) is 5.10 Å². The molecule has 1 saturated heterocycles. The van der Waals surface area contributed by atoms with E-state index in [1.165, 1.54) is 6.20 Å². The molecular formula is C21H30N4O3. The van der Waals surface area contributed by atoms with Gasteiger partial charge in [0, 0.05) is 31.1 Å². The summed E-state index contributed by atoms with van der Waals surface area (Å²) >= 11 is 0. The summed E-state index contributed by atoms with van der Waals surface area (Å²) < 4.78 is 7.08. The molecule has 1 aromatic carbocycles. The summed E-state index contributed by atoms with van der Waals surface area (Å²) in [5, 5.41) is 7.82. The van der Waals surface area contributed by atoms with E-state index in [1.807, 2.05) is 18.2 Å². The van der Waals surface area contributed by atoms with Crippen LogP contribution in [-0.2, 0) is 16.1 Å². The summed E-state index contributed by atoms with van der Waals surface area (Å²) in [5.74, 6) is 0.440. The number of amides is 1. The highest BCUT2D eigenvalue weighted by Gasteiger charge is 2.27. The number of nitrogens with zero attached hydrogens (tertiary/aromatic N) is 3. The molecule has 1 aliphatic rings. The van der Waals surface area contributed by atoms with Crippen LogP contribution >= 0.6 is 0 Å². The van der Waals surface area contributed by atoms with E-state index >= 15 is 0 Å². The molecule has 152 valence electrons. The molecule has 2 heterocycles. The van der Waals surface area contributed by atoms with Crippen molar-refractivity contribution >= 4 is 16.8 Å². The monoisotopic (exact) mass is 386 g/mol. The smallest absolute Gasteiger partial charge is 0.241 e. The highest BCUT2D eigenvalue weighted by molar-refractivity contribution is 5.81. The lowest BCUT2D eigenvalue weighted by atomic mass is 9.92. The third-order valence-electron chi connectivity index (χ3n) is 5.67. The van der Waals surface area contributed by atoms with Gasteiger partial charge in [-0.05, 0) is 18.1 Å². The van der Waals surface area contributed by atoms with Crippen molar-refractivity contribution in [1.29, 1.82) is 0 Å². The van der Waals surface area contributed by atoms with Gasteiger partial charge < -0.3 is 10.1 Å². The molecule has 3 rings (SSSR count). The summed E-state index contributed by atoms with van der Waals surface area (Å²) in [6, 6.07) is 7.55. The molecule has 0 aliphatic carbocycles. The minimum absolute atomic E-state index is 0.0921. The summed E-state index contributed by atoms with van der Waals surface area (Å²) in [7, 11) is 0. The van der Waals surface area contributed by atoms with Crippen LogP contribution in [-0.4, -0.2) is 59.5 Å². The Balaban J connectivity index is 1.68. The molecule has 1 amide bonds. The largest absolute Gasteiger partial charge is 0.379 e. The Bertz CT molecular complexity index is 841. The van der Waals surface area contributed by atoms with Crippen LogP contribution in [0.4, 0.5) is 0 Å². The Morgan fingerprint density at radius 2 is 1.93 bits per heavy atom. The van der Waals surface area contributed by atoms with E-state index in [-0.39, 0.29) is 17.9 Å². The van der Waals surface area contributed by atoms with Crippen molar-refractivity contribution in [3.8, 4) is 0 Å². The highest BCUT2D eigenvalue weighted by atomic mass is 16.5. The van der Waals surface area contributed by atoms with E-state index in [2.05, 4.69) is 29.2 Å². The second kappa shape index (κ2) is 9.80. The topological polar surface area (TPSA) is 76.5 Å². The number of ether oxygens (including phenoxy) is 1. The van der Waals surface area contributed by atoms with Gasteiger partial charge in [-0.3, -0.25) is 19.2 Å². The fourth-order valence-corrected chi connectivity index (χ4v) is 4.03. The Hall–Kier alpha value is -2.25. The minimum Gasteiger partial charge on any atom is -0.379 e. The van der Waals surface area contributed by atoms with E-state index in [9.17, 15) is 9.59 Å². The first-order valence-electron chi connectivity index (χ1n) is 10.2. The third-order valence-corrected chi connectivity index (χ3v) is 5.67. The van der Waals surface area contributed by atoms with Crippen LogP contribution in [0.15, 0.2) is 35.3 Å². The SMILES string of the molecule is CCC(CC)C(CNC(=O)Cn1ncc(=O)c2ccccc21)N1CCOCC1. The molecule has 1 unspecified atom stereocenters. The molecule has 1 fully saturated rings. The fraction of sp³-hybridized carbons (Fsp3) is 0.571. The molecule has 2 aromatic rings. The zero-order chi connectivity index (χ0) is 19.9. The first kappa shape index (κ1) is 20.5. The van der Waals surface area contributed by atoms with Gasteiger partial charge in [-0.25, -0.2) is 0 Å². The van der Waals surface area contributed by atoms with Gasteiger partial charge in [0.2, 0.25) is 11.3 Å². The van der Waals surface area contributed by atoms with Crippen LogP contribution in [0.5, 0.6) is 0 Å². The van der Waals surface area contributed by atoms with E-state index in [1.54, 1.807) is 10.7 Å². The second-order valence-corrected chi connectivity index (χ2v) is 7.28. The summed E-state index contributed by atoms with van der Waals surface area (Å²) in [6.45, 7) is 8.43. The van der Waals surface area contributed by atoms with Crippen molar-refractivity contribution in [2.24, 2.45) is 5.92 Å². The summed E-state index contributed by atoms with van der Waals surface area (Å²) in [4.78, 5) is 27.0. The predicted molar refractivity (Wildman–Crippen MR) is 109 cm³/mol. The molecule has 1 aliphatic heterocycles. The number of hydrogen-bond acceptors (Lipinski definition) is 5. The van der Waals surface area contributed by atoms with E-state index < -0.39 is 0 Å². The molecule has 1 N–H and O–H groups in total. The fourth-order valence-electron chi connectivity index (χ4n) is 4.03. The first-order valence-corrected chi connectivity index (χ1v) is 10.2. The molecular weight excluding hydrogens is 356 g/mol. The zero-order valence-electron chi connectivity index (χ0n) is 16.8. The molecule has 1 aromatic heterocycles. The lowest BCUT2D eigenvalue weighted by Gasteiger charge is -2.38. The lowest BCUT2D eigenvalue weighted by molar-refractivity contribution is -0.122. The third kappa shape index (κ3) is 4.77. The molecule has 0 saturated carbocycles. The number of fused-ring (bicyclic) bond motifs is 1. The van der Waals surface area contributed by atoms with Crippen LogP contribution in [0, 0.1) is 5.92 Å². The Morgan fingerprint density at radius 3 is 2.64 bits per heavy atom. The number of carbonyl (C=O) groups is 1. The zero-order valence-corrected chi connectivity index (χ0v) is 16.8. The predicted octanol–water partition coefficient (Wildman–Crippen LogP) is 1.65. The van der Waals surface area contributed by atoms with Crippen molar-refractivity contribution in [3.05, 3.63) is 40.7 Å². The van der Waals surface area contributed by atoms with Gasteiger partial charge in [0.25, 0.3) is 0 Å². The summed E-state index contributed by atoms with van der Waals surface area (Å²) in [6.07, 6.45) is 3.44. The van der Waals surface area contributed by atoms with Crippen LogP contribution in [0.3, 0.4) is 0 Å². The normalized spacial score (nSPS) is 16.4. The second-order valence-electron chi connectivity index (χ2n) is 7.28. The Labute approximate surface area is 165 Å². The van der Waals surface area contributed by atoms with Crippen molar-refractivity contribution < 1.29 is 9.53 Å². The van der Waals surface area contributed by atoms with E-state index in [0.29, 0.717) is 29.4 Å². The number of rotatable bonds is 8. The molecule has 1 atom stereocenters. The molecule has 7 nitrogen and oxygen atoms in total. The highest BCUT2D eigenvalue weighted by Crippen LogP contribution is 2.19. The number of aromatic nitrogens is 2. The van der Waals surface area contributed by atoms with Gasteiger partial charge in [0.05, 0.1) is 24.9 Å². The Kier molecular flexibility index (Phi) is 7.17. The Morgan fingerprint density at radius 1 is 1.21 bits per heavy atom. The summed E-state index contributed by atoms with van der Waals surface area (Å²) in [5.41, 5.74) is 0.545. The van der Waals surface area contributed by atoms with Crippen molar-refractivity contribution in [3.63, 3.8) is 0 Å². The molecule has 7 heteroatoms. The van der Waals surface area contributed by atoms with E-state index in [4.69, 9.17) is 4.74 Å². The molecule has 0 radical (unpaired) electrons. The maximum atomic E-state index is 12.6. The number of hydrogen-bond donors (Lipinski definition) is 1. The van der Waals surface area contributed by atoms with Crippen LogP contribution in [0.25, 0.3) is 10.9 Å². The van der Waals surface area contributed by atoms with Crippen LogP contribution < -0.4 is 10.7 Å².